The number of ether oxygens (including phenoxy) is 1. The lowest BCUT2D eigenvalue weighted by molar-refractivity contribution is -0.121. The summed E-state index contributed by atoms with van der Waals surface area (Å²) >= 11 is 0. The van der Waals surface area contributed by atoms with E-state index in [0.717, 1.165) is 19.4 Å². The zero-order chi connectivity index (χ0) is 13.4. The molecule has 7 nitrogen and oxygen atoms in total. The SMILES string of the molecule is COCCNC(=O)NC(=O)CN1CCC[C@H]1CO. The largest absolute Gasteiger partial charge is 0.395 e. The molecule has 7 heteroatoms. The van der Waals surface area contributed by atoms with Gasteiger partial charge in [-0.25, -0.2) is 4.79 Å². The van der Waals surface area contributed by atoms with Crippen molar-refractivity contribution in [2.75, 3.05) is 40.0 Å². The molecule has 0 unspecified atom stereocenters. The van der Waals surface area contributed by atoms with E-state index in [0.29, 0.717) is 13.2 Å². The Balaban J connectivity index is 2.22. The van der Waals surface area contributed by atoms with E-state index in [2.05, 4.69) is 10.6 Å². The number of imide groups is 1. The van der Waals surface area contributed by atoms with Crippen molar-refractivity contribution in [3.8, 4) is 0 Å². The normalized spacial score (nSPS) is 19.8. The number of carbonyl (C=O) groups is 2. The third-order valence-corrected chi connectivity index (χ3v) is 2.90. The summed E-state index contributed by atoms with van der Waals surface area (Å²) in [5.74, 6) is -0.356. The smallest absolute Gasteiger partial charge is 0.321 e. The number of rotatable bonds is 6. The quantitative estimate of drug-likeness (QED) is 0.528. The highest BCUT2D eigenvalue weighted by Gasteiger charge is 2.25. The predicted octanol–water partition coefficient (Wildman–Crippen LogP) is -1.08. The second-order valence-corrected chi connectivity index (χ2v) is 4.25. The third kappa shape index (κ3) is 4.99. The molecule has 0 radical (unpaired) electrons. The van der Waals surface area contributed by atoms with Crippen molar-refractivity contribution in [2.24, 2.45) is 0 Å². The van der Waals surface area contributed by atoms with Gasteiger partial charge in [0, 0.05) is 19.7 Å². The zero-order valence-electron chi connectivity index (χ0n) is 10.6. The summed E-state index contributed by atoms with van der Waals surface area (Å²) in [6.07, 6.45) is 1.86. The lowest BCUT2D eigenvalue weighted by atomic mass is 10.2. The van der Waals surface area contributed by atoms with Crippen LogP contribution in [0.2, 0.25) is 0 Å². The monoisotopic (exact) mass is 259 g/mol. The van der Waals surface area contributed by atoms with E-state index < -0.39 is 6.03 Å². The third-order valence-electron chi connectivity index (χ3n) is 2.90. The number of nitrogens with zero attached hydrogens (tertiary/aromatic N) is 1. The fourth-order valence-corrected chi connectivity index (χ4v) is 1.97. The second-order valence-electron chi connectivity index (χ2n) is 4.25. The van der Waals surface area contributed by atoms with Crippen molar-refractivity contribution in [2.45, 2.75) is 18.9 Å². The van der Waals surface area contributed by atoms with E-state index in [-0.39, 0.29) is 25.1 Å². The number of amides is 3. The van der Waals surface area contributed by atoms with E-state index in [4.69, 9.17) is 9.84 Å². The minimum absolute atomic E-state index is 0.0345. The summed E-state index contributed by atoms with van der Waals surface area (Å²) in [4.78, 5) is 24.8. The van der Waals surface area contributed by atoms with E-state index in [1.54, 1.807) is 0 Å². The van der Waals surface area contributed by atoms with Gasteiger partial charge in [-0.2, -0.15) is 0 Å². The molecule has 0 bridgehead atoms. The van der Waals surface area contributed by atoms with Crippen LogP contribution in [0.3, 0.4) is 0 Å². The van der Waals surface area contributed by atoms with Gasteiger partial charge in [0.15, 0.2) is 0 Å². The van der Waals surface area contributed by atoms with Crippen LogP contribution in [0.25, 0.3) is 0 Å². The Morgan fingerprint density at radius 2 is 2.28 bits per heavy atom. The number of hydrogen-bond donors (Lipinski definition) is 3. The average molecular weight is 259 g/mol. The molecule has 0 spiro atoms. The number of urea groups is 1. The van der Waals surface area contributed by atoms with Gasteiger partial charge in [0.25, 0.3) is 0 Å². The van der Waals surface area contributed by atoms with Crippen LogP contribution < -0.4 is 10.6 Å². The second kappa shape index (κ2) is 8.02. The van der Waals surface area contributed by atoms with Crippen LogP contribution in [0.5, 0.6) is 0 Å². The fraction of sp³-hybridized carbons (Fsp3) is 0.818. The summed E-state index contributed by atoms with van der Waals surface area (Å²) in [5, 5.41) is 13.9. The molecule has 0 aromatic rings. The fourth-order valence-electron chi connectivity index (χ4n) is 1.97. The molecule has 104 valence electrons. The van der Waals surface area contributed by atoms with E-state index in [1.165, 1.54) is 7.11 Å². The molecule has 3 N–H and O–H groups in total. The number of aliphatic hydroxyl groups is 1. The van der Waals surface area contributed by atoms with Gasteiger partial charge in [0.2, 0.25) is 5.91 Å². The first-order chi connectivity index (χ1) is 8.67. The number of hydrogen-bond acceptors (Lipinski definition) is 5. The Morgan fingerprint density at radius 1 is 1.50 bits per heavy atom. The van der Waals surface area contributed by atoms with Crippen molar-refractivity contribution >= 4 is 11.9 Å². The molecule has 18 heavy (non-hydrogen) atoms. The van der Waals surface area contributed by atoms with Crippen LogP contribution in [0.15, 0.2) is 0 Å². The Morgan fingerprint density at radius 3 is 2.94 bits per heavy atom. The number of carbonyl (C=O) groups excluding carboxylic acids is 2. The number of methoxy groups -OCH3 is 1. The molecule has 1 rings (SSSR count). The molecule has 1 aliphatic rings. The first kappa shape index (κ1) is 14.9. The molecular formula is C11H21N3O4. The minimum atomic E-state index is -0.517. The molecule has 1 atom stereocenters. The molecule has 0 aromatic heterocycles. The van der Waals surface area contributed by atoms with Crippen molar-refractivity contribution in [3.63, 3.8) is 0 Å². The van der Waals surface area contributed by atoms with Crippen molar-refractivity contribution in [1.29, 1.82) is 0 Å². The highest BCUT2D eigenvalue weighted by atomic mass is 16.5. The summed E-state index contributed by atoms with van der Waals surface area (Å²) in [5.41, 5.74) is 0. The molecule has 1 saturated heterocycles. The Kier molecular flexibility index (Phi) is 6.63. The van der Waals surface area contributed by atoms with Crippen LogP contribution in [0, 0.1) is 0 Å². The van der Waals surface area contributed by atoms with Gasteiger partial charge in [-0.05, 0) is 19.4 Å². The highest BCUT2D eigenvalue weighted by Crippen LogP contribution is 2.15. The highest BCUT2D eigenvalue weighted by molar-refractivity contribution is 5.95. The standard InChI is InChI=1S/C11H21N3O4/c1-18-6-4-12-11(17)13-10(16)7-14-5-2-3-9(14)8-15/h9,15H,2-8H2,1H3,(H2,12,13,16,17)/t9-/m0/s1. The van der Waals surface area contributed by atoms with Crippen molar-refractivity contribution in [1.82, 2.24) is 15.5 Å². The lowest BCUT2D eigenvalue weighted by Gasteiger charge is -2.21. The van der Waals surface area contributed by atoms with Crippen LogP contribution in [0.1, 0.15) is 12.8 Å². The summed E-state index contributed by atoms with van der Waals surface area (Å²) in [7, 11) is 1.53. The maximum Gasteiger partial charge on any atom is 0.321 e. The van der Waals surface area contributed by atoms with Gasteiger partial charge < -0.3 is 15.2 Å². The maximum atomic E-state index is 11.6. The molecule has 1 heterocycles. The molecular weight excluding hydrogens is 238 g/mol. The molecule has 1 fully saturated rings. The summed E-state index contributed by atoms with van der Waals surface area (Å²) in [6, 6.07) is -0.482. The van der Waals surface area contributed by atoms with Gasteiger partial charge >= 0.3 is 6.03 Å². The molecule has 0 aliphatic carbocycles. The van der Waals surface area contributed by atoms with E-state index >= 15 is 0 Å². The Hall–Kier alpha value is -1.18. The van der Waals surface area contributed by atoms with Gasteiger partial charge in [0.1, 0.15) is 0 Å². The topological polar surface area (TPSA) is 90.9 Å². The van der Waals surface area contributed by atoms with Gasteiger partial charge in [0.05, 0.1) is 19.8 Å². The first-order valence-electron chi connectivity index (χ1n) is 6.09. The summed E-state index contributed by atoms with van der Waals surface area (Å²) in [6.45, 7) is 1.74. The Labute approximate surface area is 106 Å². The van der Waals surface area contributed by atoms with Crippen molar-refractivity contribution < 1.29 is 19.4 Å². The molecule has 1 aliphatic heterocycles. The van der Waals surface area contributed by atoms with E-state index in [1.807, 2.05) is 4.90 Å². The minimum Gasteiger partial charge on any atom is -0.395 e. The van der Waals surface area contributed by atoms with Crippen LogP contribution in [-0.4, -0.2) is 67.9 Å². The van der Waals surface area contributed by atoms with E-state index in [9.17, 15) is 9.59 Å². The number of nitrogens with one attached hydrogen (secondary N) is 2. The van der Waals surface area contributed by atoms with Gasteiger partial charge in [-0.3, -0.25) is 15.0 Å². The lowest BCUT2D eigenvalue weighted by Crippen LogP contribution is -2.46. The summed E-state index contributed by atoms with van der Waals surface area (Å²) < 4.78 is 4.77. The van der Waals surface area contributed by atoms with Gasteiger partial charge in [-0.1, -0.05) is 0 Å². The predicted molar refractivity (Wildman–Crippen MR) is 65.1 cm³/mol. The van der Waals surface area contributed by atoms with Crippen LogP contribution >= 0.6 is 0 Å². The first-order valence-corrected chi connectivity index (χ1v) is 6.09. The molecule has 0 saturated carbocycles. The molecule has 0 aromatic carbocycles. The van der Waals surface area contributed by atoms with Crippen molar-refractivity contribution in [3.05, 3.63) is 0 Å². The average Bonchev–Trinajstić information content (AvgIpc) is 2.76. The van der Waals surface area contributed by atoms with Crippen LogP contribution in [0.4, 0.5) is 4.79 Å². The zero-order valence-corrected chi connectivity index (χ0v) is 10.6. The molecule has 3 amide bonds. The number of likely N-dealkylation sites (tertiary alicyclic amines) is 1. The van der Waals surface area contributed by atoms with Crippen LogP contribution in [-0.2, 0) is 9.53 Å². The Bertz CT molecular complexity index is 285. The maximum absolute atomic E-state index is 11.6. The number of aliphatic hydroxyl groups excluding tert-OH is 1. The van der Waals surface area contributed by atoms with Gasteiger partial charge in [-0.15, -0.1) is 0 Å².